The molecule has 1 aromatic heterocycles. The van der Waals surface area contributed by atoms with Gasteiger partial charge in [0.25, 0.3) is 0 Å². The number of sulfone groups is 1. The van der Waals surface area contributed by atoms with Gasteiger partial charge in [-0.25, -0.2) is 22.8 Å². The highest BCUT2D eigenvalue weighted by atomic mass is 32.2. The fraction of sp³-hybridized carbons (Fsp3) is 0.130. The number of ether oxygens (including phenoxy) is 1. The van der Waals surface area contributed by atoms with Crippen molar-refractivity contribution in [3.63, 3.8) is 0 Å². The molecular weight excluding hydrogens is 460 g/mol. The Morgan fingerprint density at radius 2 is 1.67 bits per heavy atom. The van der Waals surface area contributed by atoms with Crippen LogP contribution in [-0.4, -0.2) is 24.6 Å². The van der Waals surface area contributed by atoms with Crippen LogP contribution >= 0.6 is 0 Å². The van der Waals surface area contributed by atoms with Crippen molar-refractivity contribution in [2.24, 2.45) is 0 Å². The smallest absolute Gasteiger partial charge is 0.418 e. The van der Waals surface area contributed by atoms with E-state index < -0.39 is 27.4 Å². The van der Waals surface area contributed by atoms with Crippen molar-refractivity contribution in [2.45, 2.75) is 11.9 Å². The number of hydrogen-bond donors (Lipinski definition) is 0. The zero-order valence-electron chi connectivity index (χ0n) is 17.1. The molecule has 0 N–H and O–H groups in total. The zero-order chi connectivity index (χ0) is 23.8. The van der Waals surface area contributed by atoms with Crippen LogP contribution in [0.4, 0.5) is 17.6 Å². The van der Waals surface area contributed by atoms with Crippen molar-refractivity contribution >= 4 is 20.7 Å². The van der Waals surface area contributed by atoms with Gasteiger partial charge in [0, 0.05) is 17.2 Å². The van der Waals surface area contributed by atoms with E-state index in [0.29, 0.717) is 11.3 Å². The number of rotatable bonds is 5. The van der Waals surface area contributed by atoms with Gasteiger partial charge in [0.05, 0.1) is 22.5 Å². The summed E-state index contributed by atoms with van der Waals surface area (Å²) in [7, 11) is -3.25. The third-order valence-corrected chi connectivity index (χ3v) is 5.58. The largest absolute Gasteiger partial charge is 0.457 e. The van der Waals surface area contributed by atoms with Crippen LogP contribution in [0.2, 0.25) is 0 Å². The Morgan fingerprint density at radius 1 is 0.939 bits per heavy atom. The first-order chi connectivity index (χ1) is 15.5. The van der Waals surface area contributed by atoms with E-state index in [1.54, 1.807) is 24.3 Å². The minimum absolute atomic E-state index is 0.0140. The fourth-order valence-electron chi connectivity index (χ4n) is 3.42. The van der Waals surface area contributed by atoms with Gasteiger partial charge in [-0.15, -0.1) is 0 Å². The number of aromatic nitrogens is 2. The van der Waals surface area contributed by atoms with E-state index in [1.165, 1.54) is 24.3 Å². The summed E-state index contributed by atoms with van der Waals surface area (Å²) in [5, 5.41) is 0.0403. The zero-order valence-corrected chi connectivity index (χ0v) is 17.9. The number of nitrogens with zero attached hydrogens (tertiary/aromatic N) is 2. The monoisotopic (exact) mass is 476 g/mol. The summed E-state index contributed by atoms with van der Waals surface area (Å²) < 4.78 is 83.7. The molecule has 10 heteroatoms. The predicted octanol–water partition coefficient (Wildman–Crippen LogP) is 5.79. The number of para-hydroxylation sites is 1. The Kier molecular flexibility index (Phi) is 5.79. The van der Waals surface area contributed by atoms with Gasteiger partial charge in [-0.3, -0.25) is 0 Å². The average molecular weight is 476 g/mol. The Hall–Kier alpha value is -3.53. The third-order valence-electron chi connectivity index (χ3n) is 4.73. The molecule has 0 fully saturated rings. The number of halogens is 4. The SMILES string of the molecule is CS(=O)(=O)Cc1cccc(Oc2ccc(F)c(-c3ncnc4c(C(F)(F)F)cccc34)c2)c1. The standard InChI is InChI=1S/C23H16F4N2O3S/c1-33(30,31)12-14-4-2-5-15(10-14)32-16-8-9-20(24)18(11-16)21-17-6-3-7-19(23(25,26)27)22(17)29-13-28-21/h2-11,13H,12H2,1H3. The molecule has 0 aliphatic heterocycles. The molecule has 3 aromatic carbocycles. The third kappa shape index (κ3) is 5.11. The maximum atomic E-state index is 14.7. The molecule has 0 saturated heterocycles. The minimum Gasteiger partial charge on any atom is -0.457 e. The molecule has 33 heavy (non-hydrogen) atoms. The Morgan fingerprint density at radius 3 is 2.39 bits per heavy atom. The first-order valence-electron chi connectivity index (χ1n) is 9.57. The Balaban J connectivity index is 1.75. The van der Waals surface area contributed by atoms with Crippen LogP contribution in [0.3, 0.4) is 0 Å². The van der Waals surface area contributed by atoms with E-state index in [9.17, 15) is 26.0 Å². The van der Waals surface area contributed by atoms with Crippen LogP contribution in [0.5, 0.6) is 11.5 Å². The highest BCUT2D eigenvalue weighted by Gasteiger charge is 2.33. The lowest BCUT2D eigenvalue weighted by atomic mass is 10.0. The minimum atomic E-state index is -4.63. The molecule has 0 atom stereocenters. The van der Waals surface area contributed by atoms with Crippen LogP contribution in [-0.2, 0) is 21.8 Å². The molecule has 0 saturated carbocycles. The van der Waals surface area contributed by atoms with Gasteiger partial charge in [0.2, 0.25) is 0 Å². The molecule has 0 amide bonds. The van der Waals surface area contributed by atoms with E-state index in [2.05, 4.69) is 9.97 Å². The lowest BCUT2D eigenvalue weighted by molar-refractivity contribution is -0.136. The van der Waals surface area contributed by atoms with Crippen molar-refractivity contribution in [3.8, 4) is 22.8 Å². The van der Waals surface area contributed by atoms with Gasteiger partial charge in [-0.1, -0.05) is 24.3 Å². The van der Waals surface area contributed by atoms with Gasteiger partial charge in [-0.05, 0) is 42.0 Å². The Bertz CT molecular complexity index is 1450. The van der Waals surface area contributed by atoms with Crippen molar-refractivity contribution in [2.75, 3.05) is 6.26 Å². The maximum Gasteiger partial charge on any atom is 0.418 e. The Labute approximate surface area is 186 Å². The molecule has 0 aliphatic rings. The second-order valence-corrected chi connectivity index (χ2v) is 9.52. The molecule has 0 unspecified atom stereocenters. The van der Waals surface area contributed by atoms with Crippen LogP contribution in [0.15, 0.2) is 67.0 Å². The lowest BCUT2D eigenvalue weighted by Gasteiger charge is -2.13. The molecular formula is C23H16F4N2O3S. The summed E-state index contributed by atoms with van der Waals surface area (Å²) in [6.07, 6.45) is -2.57. The maximum absolute atomic E-state index is 14.7. The van der Waals surface area contributed by atoms with Gasteiger partial charge < -0.3 is 4.74 Å². The molecule has 0 spiro atoms. The summed E-state index contributed by atoms with van der Waals surface area (Å²) in [5.41, 5.74) is -0.849. The molecule has 0 aliphatic carbocycles. The van der Waals surface area contributed by atoms with E-state index in [1.807, 2.05) is 0 Å². The van der Waals surface area contributed by atoms with E-state index >= 15 is 0 Å². The normalized spacial score (nSPS) is 12.2. The van der Waals surface area contributed by atoms with Crippen molar-refractivity contribution in [3.05, 3.63) is 83.9 Å². The van der Waals surface area contributed by atoms with E-state index in [4.69, 9.17) is 4.74 Å². The molecule has 1 heterocycles. The average Bonchev–Trinajstić information content (AvgIpc) is 2.73. The van der Waals surface area contributed by atoms with Crippen molar-refractivity contribution in [1.82, 2.24) is 9.97 Å². The molecule has 170 valence electrons. The highest BCUT2D eigenvalue weighted by molar-refractivity contribution is 7.89. The summed E-state index contributed by atoms with van der Waals surface area (Å²) in [6, 6.07) is 13.7. The highest BCUT2D eigenvalue weighted by Crippen LogP contribution is 2.37. The molecule has 4 aromatic rings. The number of fused-ring (bicyclic) bond motifs is 1. The second-order valence-electron chi connectivity index (χ2n) is 7.38. The lowest BCUT2D eigenvalue weighted by Crippen LogP contribution is -2.07. The number of alkyl halides is 3. The van der Waals surface area contributed by atoms with Crippen molar-refractivity contribution in [1.29, 1.82) is 0 Å². The first-order valence-corrected chi connectivity index (χ1v) is 11.6. The van der Waals surface area contributed by atoms with E-state index in [0.717, 1.165) is 24.7 Å². The van der Waals surface area contributed by atoms with Crippen LogP contribution in [0.25, 0.3) is 22.2 Å². The second kappa shape index (κ2) is 8.43. The topological polar surface area (TPSA) is 69.2 Å². The molecule has 4 rings (SSSR count). The van der Waals surface area contributed by atoms with Crippen LogP contribution in [0.1, 0.15) is 11.1 Å². The summed E-state index contributed by atoms with van der Waals surface area (Å²) in [5.74, 6) is -0.360. The number of benzene rings is 3. The predicted molar refractivity (Wildman–Crippen MR) is 115 cm³/mol. The van der Waals surface area contributed by atoms with Gasteiger partial charge >= 0.3 is 6.18 Å². The fourth-order valence-corrected chi connectivity index (χ4v) is 4.20. The quantitative estimate of drug-likeness (QED) is 0.341. The summed E-state index contributed by atoms with van der Waals surface area (Å²) in [6.45, 7) is 0. The number of hydrogen-bond acceptors (Lipinski definition) is 5. The first kappa shape index (κ1) is 22.7. The summed E-state index contributed by atoms with van der Waals surface area (Å²) in [4.78, 5) is 7.78. The molecule has 0 radical (unpaired) electrons. The van der Waals surface area contributed by atoms with Gasteiger partial charge in [-0.2, -0.15) is 13.2 Å². The van der Waals surface area contributed by atoms with Crippen LogP contribution in [0, 0.1) is 5.82 Å². The molecule has 0 bridgehead atoms. The van der Waals surface area contributed by atoms with Gasteiger partial charge in [0.15, 0.2) is 9.84 Å². The van der Waals surface area contributed by atoms with Crippen molar-refractivity contribution < 1.29 is 30.7 Å². The van der Waals surface area contributed by atoms with Crippen LogP contribution < -0.4 is 4.74 Å². The van der Waals surface area contributed by atoms with Gasteiger partial charge in [0.1, 0.15) is 23.6 Å². The molecule has 5 nitrogen and oxygen atoms in total. The van der Waals surface area contributed by atoms with E-state index in [-0.39, 0.29) is 33.7 Å². The summed E-state index contributed by atoms with van der Waals surface area (Å²) >= 11 is 0.